The van der Waals surface area contributed by atoms with E-state index >= 15 is 0 Å². The summed E-state index contributed by atoms with van der Waals surface area (Å²) in [4.78, 5) is 11.8. The molecule has 0 aromatic carbocycles. The van der Waals surface area contributed by atoms with E-state index < -0.39 is 31.4 Å². The first-order valence-electron chi connectivity index (χ1n) is 7.65. The Kier molecular flexibility index (Phi) is 8.42. The van der Waals surface area contributed by atoms with Crippen LogP contribution in [0.5, 0.6) is 0 Å². The molecule has 0 spiro atoms. The van der Waals surface area contributed by atoms with Gasteiger partial charge >= 0.3 is 23.1 Å². The van der Waals surface area contributed by atoms with Crippen LogP contribution in [0.4, 0.5) is 4.39 Å². The molecule has 0 amide bonds. The highest BCUT2D eigenvalue weighted by Crippen LogP contribution is 2.27. The Hall–Kier alpha value is -0.289. The minimum absolute atomic E-state index is 0.330. The van der Waals surface area contributed by atoms with Crippen LogP contribution in [0.15, 0.2) is 12.2 Å². The van der Waals surface area contributed by atoms with Gasteiger partial charge in [-0.25, -0.2) is 4.79 Å². The molecule has 0 N–H and O–H groups in total. The highest BCUT2D eigenvalue weighted by molar-refractivity contribution is 6.86. The molecule has 0 bridgehead atoms. The molecule has 0 aliphatic carbocycles. The SMILES string of the molecule is C=C(C)C(=O)O[Si](C)(C)O[Si](C)(CCCCF)O[Si](C)(C)C. The molecule has 0 rings (SSSR count). The van der Waals surface area contributed by atoms with Crippen molar-refractivity contribution in [2.75, 3.05) is 6.67 Å². The minimum Gasteiger partial charge on any atom is -0.492 e. The van der Waals surface area contributed by atoms with E-state index in [0.29, 0.717) is 18.0 Å². The van der Waals surface area contributed by atoms with Crippen molar-refractivity contribution in [3.8, 4) is 0 Å². The molecule has 0 saturated heterocycles. The topological polar surface area (TPSA) is 44.8 Å². The van der Waals surface area contributed by atoms with Gasteiger partial charge in [0.25, 0.3) is 0 Å². The number of carbonyl (C=O) groups excluding carboxylic acids is 1. The second-order valence-electron chi connectivity index (χ2n) is 7.17. The summed E-state index contributed by atoms with van der Waals surface area (Å²) in [6.45, 7) is 16.8. The first-order valence-corrected chi connectivity index (χ1v) is 16.4. The average molecular weight is 367 g/mol. The molecule has 0 saturated carbocycles. The van der Waals surface area contributed by atoms with Crippen LogP contribution in [-0.2, 0) is 17.5 Å². The molecular weight excluding hydrogens is 335 g/mol. The highest BCUT2D eigenvalue weighted by Gasteiger charge is 2.44. The van der Waals surface area contributed by atoms with Gasteiger partial charge in [-0.05, 0) is 65.1 Å². The second-order valence-corrected chi connectivity index (χ2v) is 18.8. The van der Waals surface area contributed by atoms with Crippen LogP contribution in [0.25, 0.3) is 0 Å². The van der Waals surface area contributed by atoms with E-state index in [1.165, 1.54) is 0 Å². The van der Waals surface area contributed by atoms with Gasteiger partial charge in [0.2, 0.25) is 0 Å². The summed E-state index contributed by atoms with van der Waals surface area (Å²) in [7, 11) is -6.99. The van der Waals surface area contributed by atoms with Crippen LogP contribution in [0, 0.1) is 0 Å². The summed E-state index contributed by atoms with van der Waals surface area (Å²) in [5, 5.41) is 0. The van der Waals surface area contributed by atoms with Gasteiger partial charge in [0, 0.05) is 5.57 Å². The Bertz CT molecular complexity index is 396. The van der Waals surface area contributed by atoms with E-state index in [1.54, 1.807) is 6.92 Å². The Morgan fingerprint density at radius 1 is 1.05 bits per heavy atom. The van der Waals surface area contributed by atoms with Crippen LogP contribution in [0.3, 0.4) is 0 Å². The Morgan fingerprint density at radius 2 is 1.59 bits per heavy atom. The van der Waals surface area contributed by atoms with Crippen molar-refractivity contribution in [3.63, 3.8) is 0 Å². The lowest BCUT2D eigenvalue weighted by Gasteiger charge is -2.38. The molecule has 0 aliphatic heterocycles. The van der Waals surface area contributed by atoms with E-state index in [4.69, 9.17) is 12.7 Å². The zero-order valence-electron chi connectivity index (χ0n) is 15.0. The first-order chi connectivity index (χ1) is 9.80. The third-order valence-corrected chi connectivity index (χ3v) is 12.5. The third kappa shape index (κ3) is 9.67. The summed E-state index contributed by atoms with van der Waals surface area (Å²) in [6.07, 6.45) is 1.23. The van der Waals surface area contributed by atoms with Gasteiger partial charge in [0.15, 0.2) is 8.32 Å². The van der Waals surface area contributed by atoms with E-state index in [9.17, 15) is 9.18 Å². The van der Waals surface area contributed by atoms with Gasteiger partial charge in [-0.3, -0.25) is 4.39 Å². The average Bonchev–Trinajstić information content (AvgIpc) is 2.24. The molecule has 22 heavy (non-hydrogen) atoms. The van der Waals surface area contributed by atoms with Crippen molar-refractivity contribution >= 4 is 31.4 Å². The number of hydrogen-bond donors (Lipinski definition) is 0. The molecule has 0 aromatic heterocycles. The molecule has 0 radical (unpaired) electrons. The quantitative estimate of drug-likeness (QED) is 0.324. The molecule has 0 aromatic rings. The third-order valence-electron chi connectivity index (χ3n) is 2.69. The maximum absolute atomic E-state index is 12.4. The van der Waals surface area contributed by atoms with Crippen molar-refractivity contribution in [2.45, 2.75) is 65.1 Å². The summed E-state index contributed by atoms with van der Waals surface area (Å²) >= 11 is 0. The van der Waals surface area contributed by atoms with Crippen molar-refractivity contribution in [2.24, 2.45) is 0 Å². The molecule has 130 valence electrons. The summed E-state index contributed by atoms with van der Waals surface area (Å²) in [5.41, 5.74) is 0.357. The predicted molar refractivity (Wildman–Crippen MR) is 95.5 cm³/mol. The normalized spacial score (nSPS) is 15.3. The van der Waals surface area contributed by atoms with Gasteiger partial charge in [0.1, 0.15) is 0 Å². The summed E-state index contributed by atoms with van der Waals surface area (Å²) in [6, 6.07) is 0.711. The largest absolute Gasteiger partial charge is 0.492 e. The number of halogens is 1. The first kappa shape index (κ1) is 21.7. The molecule has 0 heterocycles. The van der Waals surface area contributed by atoms with E-state index in [0.717, 1.165) is 6.42 Å². The van der Waals surface area contributed by atoms with Crippen LogP contribution >= 0.6 is 0 Å². The van der Waals surface area contributed by atoms with Gasteiger partial charge in [-0.1, -0.05) is 6.58 Å². The van der Waals surface area contributed by atoms with Crippen LogP contribution in [0.1, 0.15) is 19.8 Å². The zero-order chi connectivity index (χ0) is 17.6. The summed E-state index contributed by atoms with van der Waals surface area (Å²) in [5.74, 6) is -0.426. The lowest BCUT2D eigenvalue weighted by Crippen LogP contribution is -2.55. The zero-order valence-corrected chi connectivity index (χ0v) is 18.0. The molecular formula is C14H31FO4Si3. The Morgan fingerprint density at radius 3 is 2.00 bits per heavy atom. The van der Waals surface area contributed by atoms with Crippen LogP contribution in [0.2, 0.25) is 45.3 Å². The Labute approximate surface area is 137 Å². The lowest BCUT2D eigenvalue weighted by molar-refractivity contribution is -0.131. The number of carbonyl (C=O) groups is 1. The number of rotatable bonds is 10. The van der Waals surface area contributed by atoms with Crippen molar-refractivity contribution in [3.05, 3.63) is 12.2 Å². The fourth-order valence-corrected chi connectivity index (χ4v) is 14.5. The van der Waals surface area contributed by atoms with Crippen molar-refractivity contribution in [1.82, 2.24) is 0 Å². The maximum atomic E-state index is 12.4. The van der Waals surface area contributed by atoms with Gasteiger partial charge in [-0.2, -0.15) is 0 Å². The number of alkyl halides is 1. The standard InChI is InChI=1S/C14H31FO4Si3/c1-13(2)14(16)17-21(6,7)19-22(8,12-10-9-11-15)18-20(3,4)5/h1,9-12H2,2-8H3. The molecule has 4 nitrogen and oxygen atoms in total. The summed E-state index contributed by atoms with van der Waals surface area (Å²) < 4.78 is 30.4. The second kappa shape index (κ2) is 8.53. The van der Waals surface area contributed by atoms with E-state index in [2.05, 4.69) is 26.2 Å². The van der Waals surface area contributed by atoms with Crippen LogP contribution in [-0.4, -0.2) is 38.1 Å². The van der Waals surface area contributed by atoms with E-state index in [1.807, 2.05) is 19.6 Å². The fraction of sp³-hybridized carbons (Fsp3) is 0.786. The van der Waals surface area contributed by atoms with Gasteiger partial charge < -0.3 is 12.7 Å². The molecule has 1 unspecified atom stereocenters. The monoisotopic (exact) mass is 366 g/mol. The highest BCUT2D eigenvalue weighted by atomic mass is 28.5. The van der Waals surface area contributed by atoms with Crippen LogP contribution < -0.4 is 0 Å². The van der Waals surface area contributed by atoms with E-state index in [-0.39, 0.29) is 6.67 Å². The predicted octanol–water partition coefficient (Wildman–Crippen LogP) is 4.50. The van der Waals surface area contributed by atoms with Crippen molar-refractivity contribution in [1.29, 1.82) is 0 Å². The fourth-order valence-electron chi connectivity index (χ4n) is 2.16. The van der Waals surface area contributed by atoms with Gasteiger partial charge in [0.05, 0.1) is 6.67 Å². The van der Waals surface area contributed by atoms with Gasteiger partial charge in [-0.15, -0.1) is 0 Å². The Balaban J connectivity index is 5.00. The molecule has 8 heteroatoms. The minimum atomic E-state index is -2.67. The lowest BCUT2D eigenvalue weighted by atomic mass is 10.4. The molecule has 1 atom stereocenters. The molecule has 0 aliphatic rings. The number of unbranched alkanes of at least 4 members (excludes halogenated alkanes) is 1. The van der Waals surface area contributed by atoms with Crippen molar-refractivity contribution < 1.29 is 21.8 Å². The smallest absolute Gasteiger partial charge is 0.386 e. The number of hydrogen-bond acceptors (Lipinski definition) is 4. The molecule has 0 fully saturated rings. The maximum Gasteiger partial charge on any atom is 0.386 e.